The SMILES string of the molecule is C=C(F)C(=O)N1CCN(c2nc(OCC3CCCN3C(C)CC)nc(CCCc3ccccc3Cl)c2CCC)CC1CC#N. The number of amides is 1. The fourth-order valence-corrected chi connectivity index (χ4v) is 6.69. The van der Waals surface area contributed by atoms with Gasteiger partial charge in [-0.1, -0.05) is 56.6 Å². The van der Waals surface area contributed by atoms with Crippen LogP contribution in [0.25, 0.3) is 0 Å². The maximum Gasteiger partial charge on any atom is 0.318 e. The van der Waals surface area contributed by atoms with Crippen molar-refractivity contribution >= 4 is 23.3 Å². The van der Waals surface area contributed by atoms with Crippen LogP contribution in [0.5, 0.6) is 6.01 Å². The standard InChI is InChI=1S/C34H46ClFN6O2/c1-5-11-29-31(16-9-13-26-12-7-8-15-30(26)35)38-34(44-23-28-14-10-19-41(28)24(3)6-2)39-32(29)40-20-21-42(33(43)25(4)36)27(22-40)17-18-37/h7-8,12,15,24,27-28H,4-6,9-11,13-14,16-17,19-23H2,1-3H3. The van der Waals surface area contributed by atoms with Crippen LogP contribution in [0.3, 0.4) is 0 Å². The van der Waals surface area contributed by atoms with Gasteiger partial charge in [0, 0.05) is 42.3 Å². The van der Waals surface area contributed by atoms with E-state index in [9.17, 15) is 14.4 Å². The van der Waals surface area contributed by atoms with Gasteiger partial charge in [-0.2, -0.15) is 15.2 Å². The number of rotatable bonds is 14. The molecule has 2 fully saturated rings. The van der Waals surface area contributed by atoms with Crippen molar-refractivity contribution in [1.82, 2.24) is 19.8 Å². The number of benzene rings is 1. The lowest BCUT2D eigenvalue weighted by Crippen LogP contribution is -2.55. The van der Waals surface area contributed by atoms with Gasteiger partial charge < -0.3 is 14.5 Å². The van der Waals surface area contributed by atoms with Crippen LogP contribution in [-0.2, 0) is 24.1 Å². The molecule has 0 radical (unpaired) electrons. The normalized spacial score (nSPS) is 19.5. The first-order valence-electron chi connectivity index (χ1n) is 16.1. The Balaban J connectivity index is 1.64. The smallest absolute Gasteiger partial charge is 0.318 e. The number of halogens is 2. The van der Waals surface area contributed by atoms with Crippen LogP contribution in [0.1, 0.15) is 76.1 Å². The third-order valence-corrected chi connectivity index (χ3v) is 9.32. The van der Waals surface area contributed by atoms with Crippen molar-refractivity contribution in [3.05, 3.63) is 58.5 Å². The van der Waals surface area contributed by atoms with Crippen molar-refractivity contribution in [2.24, 2.45) is 0 Å². The first kappa shape index (κ1) is 33.7. The summed E-state index contributed by atoms with van der Waals surface area (Å²) in [5, 5.41) is 10.3. The highest BCUT2D eigenvalue weighted by Crippen LogP contribution is 2.30. The minimum absolute atomic E-state index is 0.0882. The molecule has 0 N–H and O–H groups in total. The summed E-state index contributed by atoms with van der Waals surface area (Å²) >= 11 is 6.44. The van der Waals surface area contributed by atoms with E-state index >= 15 is 0 Å². The zero-order valence-corrected chi connectivity index (χ0v) is 27.2. The van der Waals surface area contributed by atoms with Crippen LogP contribution >= 0.6 is 11.6 Å². The van der Waals surface area contributed by atoms with E-state index in [-0.39, 0.29) is 13.0 Å². The first-order chi connectivity index (χ1) is 21.3. The number of nitriles is 1. The maximum atomic E-state index is 13.8. The van der Waals surface area contributed by atoms with Gasteiger partial charge in [0.05, 0.1) is 24.2 Å². The van der Waals surface area contributed by atoms with Crippen molar-refractivity contribution in [2.75, 3.05) is 37.7 Å². The van der Waals surface area contributed by atoms with Gasteiger partial charge in [-0.3, -0.25) is 9.69 Å². The Morgan fingerprint density at radius 3 is 2.68 bits per heavy atom. The Hall–Kier alpha value is -3.22. The van der Waals surface area contributed by atoms with Gasteiger partial charge in [-0.05, 0) is 70.0 Å². The summed E-state index contributed by atoms with van der Waals surface area (Å²) in [6, 6.07) is 10.8. The molecule has 2 aliphatic rings. The predicted molar refractivity (Wildman–Crippen MR) is 173 cm³/mol. The van der Waals surface area contributed by atoms with Crippen molar-refractivity contribution in [2.45, 2.75) is 96.7 Å². The van der Waals surface area contributed by atoms with Crippen LogP contribution in [0.15, 0.2) is 36.7 Å². The Bertz CT molecular complexity index is 1330. The van der Waals surface area contributed by atoms with E-state index in [1.807, 2.05) is 18.2 Å². The summed E-state index contributed by atoms with van der Waals surface area (Å²) in [5.74, 6) is -0.984. The van der Waals surface area contributed by atoms with Crippen molar-refractivity contribution in [3.8, 4) is 12.1 Å². The molecule has 2 aliphatic heterocycles. The van der Waals surface area contributed by atoms with Gasteiger partial charge in [0.25, 0.3) is 5.91 Å². The number of anilines is 1. The largest absolute Gasteiger partial charge is 0.462 e. The van der Waals surface area contributed by atoms with Gasteiger partial charge in [-0.25, -0.2) is 4.39 Å². The highest BCUT2D eigenvalue weighted by molar-refractivity contribution is 6.31. The molecule has 238 valence electrons. The lowest BCUT2D eigenvalue weighted by Gasteiger charge is -2.41. The highest BCUT2D eigenvalue weighted by Gasteiger charge is 2.34. The van der Waals surface area contributed by atoms with Gasteiger partial charge in [0.1, 0.15) is 12.4 Å². The topological polar surface area (TPSA) is 85.6 Å². The van der Waals surface area contributed by atoms with Crippen LogP contribution in [0.4, 0.5) is 10.2 Å². The monoisotopic (exact) mass is 624 g/mol. The molecule has 0 aliphatic carbocycles. The second-order valence-corrected chi connectivity index (χ2v) is 12.3. The Labute approximate surface area is 266 Å². The molecule has 2 aromatic rings. The van der Waals surface area contributed by atoms with Gasteiger partial charge in [0.15, 0.2) is 5.83 Å². The number of aromatic nitrogens is 2. The number of carbonyl (C=O) groups excluding carboxylic acids is 1. The molecule has 1 aromatic heterocycles. The lowest BCUT2D eigenvalue weighted by molar-refractivity contribution is -0.131. The zero-order chi connectivity index (χ0) is 31.6. The molecule has 3 atom stereocenters. The summed E-state index contributed by atoms with van der Waals surface area (Å²) < 4.78 is 20.2. The molecule has 44 heavy (non-hydrogen) atoms. The third-order valence-electron chi connectivity index (χ3n) is 8.95. The van der Waals surface area contributed by atoms with Gasteiger partial charge in [0.2, 0.25) is 0 Å². The summed E-state index contributed by atoms with van der Waals surface area (Å²) in [7, 11) is 0. The summed E-state index contributed by atoms with van der Waals surface area (Å²) in [6.45, 7) is 12.5. The van der Waals surface area contributed by atoms with Crippen LogP contribution in [0.2, 0.25) is 5.02 Å². The molecule has 3 heterocycles. The maximum absolute atomic E-state index is 13.8. The fraction of sp³-hybridized carbons (Fsp3) is 0.588. The molecule has 10 heteroatoms. The molecular weight excluding hydrogens is 579 g/mol. The van der Waals surface area contributed by atoms with Crippen LogP contribution in [0, 0.1) is 11.3 Å². The second-order valence-electron chi connectivity index (χ2n) is 11.9. The molecule has 1 aromatic carbocycles. The van der Waals surface area contributed by atoms with E-state index in [1.54, 1.807) is 0 Å². The number of piperazine rings is 1. The number of hydrogen-bond donors (Lipinski definition) is 0. The second kappa shape index (κ2) is 16.2. The van der Waals surface area contributed by atoms with Crippen molar-refractivity contribution in [3.63, 3.8) is 0 Å². The minimum Gasteiger partial charge on any atom is -0.462 e. The predicted octanol–water partition coefficient (Wildman–Crippen LogP) is 6.31. The van der Waals surface area contributed by atoms with E-state index in [4.69, 9.17) is 26.3 Å². The fourth-order valence-electron chi connectivity index (χ4n) is 6.45. The number of carbonyl (C=O) groups is 1. The quantitative estimate of drug-likeness (QED) is 0.228. The molecule has 1 amide bonds. The van der Waals surface area contributed by atoms with Crippen LogP contribution in [-0.4, -0.2) is 76.6 Å². The Morgan fingerprint density at radius 2 is 1.98 bits per heavy atom. The van der Waals surface area contributed by atoms with E-state index in [1.165, 1.54) is 4.90 Å². The number of aryl methyl sites for hydroxylation is 2. The summed E-state index contributed by atoms with van der Waals surface area (Å²) in [6.07, 6.45) is 7.52. The summed E-state index contributed by atoms with van der Waals surface area (Å²) in [4.78, 5) is 28.6. The molecule has 0 spiro atoms. The number of hydrogen-bond acceptors (Lipinski definition) is 7. The van der Waals surface area contributed by atoms with Crippen LogP contribution < -0.4 is 9.64 Å². The average molecular weight is 625 g/mol. The van der Waals surface area contributed by atoms with Gasteiger partial charge >= 0.3 is 6.01 Å². The Morgan fingerprint density at radius 1 is 1.18 bits per heavy atom. The minimum atomic E-state index is -1.01. The van der Waals surface area contributed by atoms with E-state index in [2.05, 4.69) is 49.3 Å². The van der Waals surface area contributed by atoms with Gasteiger partial charge in [-0.15, -0.1) is 0 Å². The van der Waals surface area contributed by atoms with E-state index in [0.29, 0.717) is 37.8 Å². The summed E-state index contributed by atoms with van der Waals surface area (Å²) in [5.41, 5.74) is 3.13. The Kier molecular flexibility index (Phi) is 12.4. The zero-order valence-electron chi connectivity index (χ0n) is 26.4. The molecule has 8 nitrogen and oxygen atoms in total. The number of ether oxygens (including phenoxy) is 1. The molecule has 0 bridgehead atoms. The first-order valence-corrected chi connectivity index (χ1v) is 16.4. The molecule has 2 saturated heterocycles. The molecular formula is C34H46ClFN6O2. The third kappa shape index (κ3) is 8.28. The molecule has 0 saturated carbocycles. The van der Waals surface area contributed by atoms with Crippen molar-refractivity contribution in [1.29, 1.82) is 5.26 Å². The van der Waals surface area contributed by atoms with Crippen molar-refractivity contribution < 1.29 is 13.9 Å². The van der Waals surface area contributed by atoms with E-state index < -0.39 is 17.8 Å². The number of likely N-dealkylation sites (tertiary alicyclic amines) is 1. The lowest BCUT2D eigenvalue weighted by atomic mass is 10.0. The van der Waals surface area contributed by atoms with E-state index in [0.717, 1.165) is 85.6 Å². The highest BCUT2D eigenvalue weighted by atomic mass is 35.5. The average Bonchev–Trinajstić information content (AvgIpc) is 3.50. The molecule has 4 rings (SSSR count). The molecule has 3 unspecified atom stereocenters. The number of nitrogens with zero attached hydrogens (tertiary/aromatic N) is 6.